The first-order valence-electron chi connectivity index (χ1n) is 9.12. The molecule has 3 aromatic rings. The number of hydrogen-bond acceptors (Lipinski definition) is 5. The number of nitrogens with one attached hydrogen (secondary N) is 1. The summed E-state index contributed by atoms with van der Waals surface area (Å²) in [4.78, 5) is 12.0. The zero-order chi connectivity index (χ0) is 22.8. The molecule has 0 atom stereocenters. The normalized spacial score (nSPS) is 11.1. The van der Waals surface area contributed by atoms with Crippen molar-refractivity contribution in [3.8, 4) is 28.4 Å². The first kappa shape index (κ1) is 22.1. The molecule has 31 heavy (non-hydrogen) atoms. The van der Waals surface area contributed by atoms with Crippen LogP contribution < -0.4 is 19.8 Å². The summed E-state index contributed by atoms with van der Waals surface area (Å²) in [5, 5.41) is 0.783. The highest BCUT2D eigenvalue weighted by atomic mass is 32.2. The van der Waals surface area contributed by atoms with Gasteiger partial charge < -0.3 is 14.0 Å². The molecule has 0 aliphatic carbocycles. The fourth-order valence-corrected chi connectivity index (χ4v) is 3.43. The number of pyridine rings is 1. The molecule has 2 aromatic carbocycles. The first-order valence-corrected chi connectivity index (χ1v) is 10.7. The topological polar surface area (TPSA) is 86.6 Å². The molecule has 1 N–H and O–H groups in total. The Morgan fingerprint density at radius 3 is 2.42 bits per heavy atom. The van der Waals surface area contributed by atoms with Gasteiger partial charge in [0, 0.05) is 41.5 Å². The Hall–Kier alpha value is -3.59. The van der Waals surface area contributed by atoms with Crippen LogP contribution in [0.15, 0.2) is 65.4 Å². The van der Waals surface area contributed by atoms with Crippen LogP contribution in [0.5, 0.6) is 17.2 Å². The zero-order valence-corrected chi connectivity index (χ0v) is 18.0. The van der Waals surface area contributed by atoms with Crippen LogP contribution in [0, 0.1) is 12.7 Å². The third-order valence-electron chi connectivity index (χ3n) is 4.47. The molecule has 0 aliphatic heterocycles. The number of benzene rings is 2. The molecule has 0 radical (unpaired) electrons. The average molecular weight is 444 g/mol. The van der Waals surface area contributed by atoms with Gasteiger partial charge >= 0.3 is 0 Å². The Morgan fingerprint density at radius 2 is 1.77 bits per heavy atom. The number of ether oxygens (including phenoxy) is 2. The molecule has 0 spiro atoms. The number of aromatic nitrogens is 1. The van der Waals surface area contributed by atoms with Crippen LogP contribution in [-0.2, 0) is 17.1 Å². The van der Waals surface area contributed by atoms with Crippen molar-refractivity contribution in [2.24, 2.45) is 7.05 Å². The zero-order valence-electron chi connectivity index (χ0n) is 17.2. The van der Waals surface area contributed by atoms with Gasteiger partial charge in [0.25, 0.3) is 15.6 Å². The number of rotatable bonds is 7. The Bertz CT molecular complexity index is 1320. The van der Waals surface area contributed by atoms with E-state index in [0.29, 0.717) is 11.1 Å². The highest BCUT2D eigenvalue weighted by molar-refractivity contribution is 7.95. The molecule has 162 valence electrons. The molecule has 1 aromatic heterocycles. The molecule has 0 bridgehead atoms. The van der Waals surface area contributed by atoms with Crippen LogP contribution in [0.25, 0.3) is 11.1 Å². The van der Waals surface area contributed by atoms with E-state index in [-0.39, 0.29) is 28.5 Å². The average Bonchev–Trinajstić information content (AvgIpc) is 2.72. The summed E-state index contributed by atoms with van der Waals surface area (Å²) in [5.41, 5.74) is 1.50. The minimum atomic E-state index is -3.76. The summed E-state index contributed by atoms with van der Waals surface area (Å²) in [7, 11) is -0.788. The number of halogens is 1. The number of aryl methyl sites for hydroxylation is 2. The van der Waals surface area contributed by atoms with Gasteiger partial charge in [0.2, 0.25) is 0 Å². The van der Waals surface area contributed by atoms with Crippen molar-refractivity contribution in [1.82, 2.24) is 4.57 Å². The smallest absolute Gasteiger partial charge is 0.254 e. The first-order chi connectivity index (χ1) is 14.6. The maximum Gasteiger partial charge on any atom is 0.254 e. The third-order valence-corrected chi connectivity index (χ3v) is 5.43. The summed E-state index contributed by atoms with van der Waals surface area (Å²) in [6.45, 7) is 5.03. The van der Waals surface area contributed by atoms with Crippen molar-refractivity contribution in [3.05, 3.63) is 82.4 Å². The molecule has 0 unspecified atom stereocenters. The summed E-state index contributed by atoms with van der Waals surface area (Å²) < 4.78 is 53.1. The summed E-state index contributed by atoms with van der Waals surface area (Å²) in [6.07, 6.45) is 1.53. The largest absolute Gasteiger partial charge is 0.496 e. The number of methoxy groups -OCH3 is 1. The molecular formula is C22H21FN2O5S. The van der Waals surface area contributed by atoms with Crippen molar-refractivity contribution >= 4 is 15.7 Å². The molecule has 9 heteroatoms. The van der Waals surface area contributed by atoms with E-state index in [1.165, 1.54) is 54.3 Å². The van der Waals surface area contributed by atoms with Gasteiger partial charge in [-0.25, -0.2) is 12.8 Å². The van der Waals surface area contributed by atoms with Crippen molar-refractivity contribution < 1.29 is 22.3 Å². The van der Waals surface area contributed by atoms with Crippen LogP contribution >= 0.6 is 0 Å². The van der Waals surface area contributed by atoms with Crippen molar-refractivity contribution in [3.63, 3.8) is 0 Å². The monoisotopic (exact) mass is 444 g/mol. The highest BCUT2D eigenvalue weighted by Crippen LogP contribution is 2.40. The lowest BCUT2D eigenvalue weighted by Gasteiger charge is -2.17. The summed E-state index contributed by atoms with van der Waals surface area (Å²) >= 11 is 0. The lowest BCUT2D eigenvalue weighted by Crippen LogP contribution is -2.15. The molecular weight excluding hydrogens is 423 g/mol. The van der Waals surface area contributed by atoms with Crippen LogP contribution in [-0.4, -0.2) is 20.1 Å². The molecule has 0 saturated heterocycles. The Labute approximate surface area is 179 Å². The van der Waals surface area contributed by atoms with Gasteiger partial charge in [0.15, 0.2) is 11.6 Å². The van der Waals surface area contributed by atoms with E-state index in [9.17, 15) is 17.6 Å². The van der Waals surface area contributed by atoms with Gasteiger partial charge in [-0.05, 0) is 42.8 Å². The molecule has 0 aliphatic rings. The van der Waals surface area contributed by atoms with Gasteiger partial charge in [-0.1, -0.05) is 12.6 Å². The van der Waals surface area contributed by atoms with Crippen molar-refractivity contribution in [2.45, 2.75) is 6.92 Å². The second-order valence-corrected chi connectivity index (χ2v) is 8.39. The van der Waals surface area contributed by atoms with Gasteiger partial charge in [-0.15, -0.1) is 0 Å². The predicted octanol–water partition coefficient (Wildman–Crippen LogP) is 4.19. The Kier molecular flexibility index (Phi) is 6.16. The molecule has 0 amide bonds. The predicted molar refractivity (Wildman–Crippen MR) is 118 cm³/mol. The van der Waals surface area contributed by atoms with Gasteiger partial charge in [-0.3, -0.25) is 9.52 Å². The van der Waals surface area contributed by atoms with Crippen LogP contribution in [0.1, 0.15) is 5.56 Å². The molecule has 3 rings (SSSR count). The van der Waals surface area contributed by atoms with Crippen LogP contribution in [0.4, 0.5) is 10.1 Å². The Morgan fingerprint density at radius 1 is 1.06 bits per heavy atom. The molecule has 7 nitrogen and oxygen atoms in total. The van der Waals surface area contributed by atoms with Crippen molar-refractivity contribution in [2.75, 3.05) is 11.8 Å². The van der Waals surface area contributed by atoms with E-state index >= 15 is 0 Å². The second-order valence-electron chi connectivity index (χ2n) is 6.77. The second kappa shape index (κ2) is 8.65. The minimum Gasteiger partial charge on any atom is -0.496 e. The fourth-order valence-electron chi connectivity index (χ4n) is 2.89. The number of sulfonamides is 1. The fraction of sp³-hybridized carbons (Fsp3) is 0.136. The lowest BCUT2D eigenvalue weighted by atomic mass is 10.0. The lowest BCUT2D eigenvalue weighted by molar-refractivity contribution is 0.413. The van der Waals surface area contributed by atoms with Crippen LogP contribution in [0.2, 0.25) is 0 Å². The van der Waals surface area contributed by atoms with E-state index in [1.54, 1.807) is 20.0 Å². The van der Waals surface area contributed by atoms with Gasteiger partial charge in [-0.2, -0.15) is 0 Å². The van der Waals surface area contributed by atoms with Gasteiger partial charge in [0.1, 0.15) is 11.5 Å². The van der Waals surface area contributed by atoms with E-state index in [1.807, 2.05) is 0 Å². The quantitative estimate of drug-likeness (QED) is 0.591. The van der Waals surface area contributed by atoms with E-state index in [0.717, 1.165) is 11.0 Å². The highest BCUT2D eigenvalue weighted by Gasteiger charge is 2.17. The number of anilines is 1. The summed E-state index contributed by atoms with van der Waals surface area (Å²) in [5.74, 6) is -0.0628. The van der Waals surface area contributed by atoms with E-state index in [2.05, 4.69) is 11.3 Å². The van der Waals surface area contributed by atoms with E-state index in [4.69, 9.17) is 9.47 Å². The van der Waals surface area contributed by atoms with Crippen LogP contribution in [0.3, 0.4) is 0 Å². The Balaban J connectivity index is 2.20. The maximum absolute atomic E-state index is 14.4. The minimum absolute atomic E-state index is 0.00457. The van der Waals surface area contributed by atoms with E-state index < -0.39 is 15.8 Å². The summed E-state index contributed by atoms with van der Waals surface area (Å²) in [6, 6.07) is 10.3. The number of hydrogen-bond donors (Lipinski definition) is 1. The molecule has 0 fully saturated rings. The SMILES string of the molecule is C=CS(=O)(=O)Nc1ccc(Oc2ccc(C)cc2F)c(-c2cn(C)c(=O)cc2OC)c1. The van der Waals surface area contributed by atoms with Crippen molar-refractivity contribution in [1.29, 1.82) is 0 Å². The standard InChI is InChI=1S/C22H21FN2O5S/c1-5-31(27,28)24-15-7-9-19(30-20-8-6-14(2)10-18(20)23)16(11-15)17-13-25(3)22(26)12-21(17)29-4/h5-13,24H,1H2,2-4H3. The molecule has 1 heterocycles. The third kappa shape index (κ3) is 4.95. The number of nitrogens with zero attached hydrogens (tertiary/aromatic N) is 1. The maximum atomic E-state index is 14.4. The molecule has 0 saturated carbocycles. The van der Waals surface area contributed by atoms with Gasteiger partial charge in [0.05, 0.1) is 7.11 Å².